The van der Waals surface area contributed by atoms with Crippen LogP contribution in [0, 0.1) is 6.92 Å². The minimum absolute atomic E-state index is 0.0580. The number of rotatable bonds is 7. The topological polar surface area (TPSA) is 51.7 Å². The third kappa shape index (κ3) is 4.85. The fourth-order valence-corrected chi connectivity index (χ4v) is 2.66. The van der Waals surface area contributed by atoms with Gasteiger partial charge >= 0.3 is 0 Å². The van der Waals surface area contributed by atoms with Crippen LogP contribution in [0.2, 0.25) is 0 Å². The SMILES string of the molecule is COc1ccc(CN(C(=O)COc2ccccc2C)c2ccccn2)cc1. The average Bonchev–Trinajstić information content (AvgIpc) is 2.72. The van der Waals surface area contributed by atoms with Crippen molar-refractivity contribution in [1.82, 2.24) is 4.98 Å². The molecule has 27 heavy (non-hydrogen) atoms. The van der Waals surface area contributed by atoms with Gasteiger partial charge in [0.15, 0.2) is 6.61 Å². The molecule has 0 N–H and O–H groups in total. The first-order chi connectivity index (χ1) is 13.2. The maximum Gasteiger partial charge on any atom is 0.266 e. The second-order valence-corrected chi connectivity index (χ2v) is 6.07. The van der Waals surface area contributed by atoms with Gasteiger partial charge in [0.05, 0.1) is 13.7 Å². The van der Waals surface area contributed by atoms with E-state index in [1.807, 2.05) is 73.7 Å². The van der Waals surface area contributed by atoms with Gasteiger partial charge in [-0.2, -0.15) is 0 Å². The van der Waals surface area contributed by atoms with E-state index in [0.717, 1.165) is 16.9 Å². The van der Waals surface area contributed by atoms with Gasteiger partial charge in [-0.25, -0.2) is 4.98 Å². The Kier molecular flexibility index (Phi) is 6.05. The summed E-state index contributed by atoms with van der Waals surface area (Å²) in [6, 6.07) is 20.8. The maximum absolute atomic E-state index is 12.9. The largest absolute Gasteiger partial charge is 0.497 e. The standard InChI is InChI=1S/C22H22N2O3/c1-17-7-3-4-8-20(17)27-16-22(25)24(21-9-5-6-14-23-21)15-18-10-12-19(26-2)13-11-18/h3-14H,15-16H2,1-2H3. The van der Waals surface area contributed by atoms with Gasteiger partial charge in [-0.05, 0) is 48.4 Å². The normalized spacial score (nSPS) is 10.3. The Morgan fingerprint density at radius 3 is 2.41 bits per heavy atom. The molecule has 3 rings (SSSR count). The highest BCUT2D eigenvalue weighted by atomic mass is 16.5. The Bertz CT molecular complexity index is 880. The van der Waals surface area contributed by atoms with Crippen molar-refractivity contribution in [3.8, 4) is 11.5 Å². The molecule has 0 saturated heterocycles. The Labute approximate surface area is 159 Å². The Balaban J connectivity index is 1.76. The fraction of sp³-hybridized carbons (Fsp3) is 0.182. The molecule has 0 bridgehead atoms. The van der Waals surface area contributed by atoms with Crippen LogP contribution in [0.4, 0.5) is 5.82 Å². The minimum atomic E-state index is -0.159. The van der Waals surface area contributed by atoms with E-state index in [1.54, 1.807) is 18.2 Å². The van der Waals surface area contributed by atoms with Crippen molar-refractivity contribution in [3.63, 3.8) is 0 Å². The van der Waals surface area contributed by atoms with E-state index in [0.29, 0.717) is 18.1 Å². The molecule has 2 aromatic carbocycles. The number of carbonyl (C=O) groups excluding carboxylic acids is 1. The first-order valence-corrected chi connectivity index (χ1v) is 8.70. The number of hydrogen-bond donors (Lipinski definition) is 0. The number of methoxy groups -OCH3 is 1. The third-order valence-electron chi connectivity index (χ3n) is 4.17. The minimum Gasteiger partial charge on any atom is -0.497 e. The second kappa shape index (κ2) is 8.85. The molecule has 1 aromatic heterocycles. The Morgan fingerprint density at radius 2 is 1.74 bits per heavy atom. The summed E-state index contributed by atoms with van der Waals surface area (Å²) >= 11 is 0. The number of benzene rings is 2. The van der Waals surface area contributed by atoms with Gasteiger partial charge in [-0.1, -0.05) is 36.4 Å². The van der Waals surface area contributed by atoms with Crippen LogP contribution >= 0.6 is 0 Å². The summed E-state index contributed by atoms with van der Waals surface area (Å²) in [5.41, 5.74) is 1.97. The number of aromatic nitrogens is 1. The predicted octanol–water partition coefficient (Wildman–Crippen LogP) is 4.01. The van der Waals surface area contributed by atoms with Crippen LogP contribution in [0.25, 0.3) is 0 Å². The smallest absolute Gasteiger partial charge is 0.266 e. The molecule has 0 aliphatic rings. The summed E-state index contributed by atoms with van der Waals surface area (Å²) < 4.78 is 10.9. The van der Waals surface area contributed by atoms with Crippen molar-refractivity contribution in [2.75, 3.05) is 18.6 Å². The molecule has 0 aliphatic carbocycles. The second-order valence-electron chi connectivity index (χ2n) is 6.07. The molecule has 1 amide bonds. The van der Waals surface area contributed by atoms with Gasteiger partial charge in [0.1, 0.15) is 17.3 Å². The van der Waals surface area contributed by atoms with Gasteiger partial charge in [0.25, 0.3) is 5.91 Å². The van der Waals surface area contributed by atoms with E-state index in [-0.39, 0.29) is 12.5 Å². The van der Waals surface area contributed by atoms with Crippen LogP contribution in [-0.4, -0.2) is 24.6 Å². The monoisotopic (exact) mass is 362 g/mol. The molecule has 5 heteroatoms. The highest BCUT2D eigenvalue weighted by Crippen LogP contribution is 2.19. The molecule has 0 unspecified atom stereocenters. The molecule has 0 fully saturated rings. The van der Waals surface area contributed by atoms with Crippen molar-refractivity contribution in [1.29, 1.82) is 0 Å². The zero-order valence-electron chi connectivity index (χ0n) is 15.5. The molecule has 0 atom stereocenters. The first-order valence-electron chi connectivity index (χ1n) is 8.70. The molecule has 0 saturated carbocycles. The number of anilines is 1. The zero-order valence-corrected chi connectivity index (χ0v) is 15.5. The predicted molar refractivity (Wildman–Crippen MR) is 105 cm³/mol. The van der Waals surface area contributed by atoms with Crippen molar-refractivity contribution >= 4 is 11.7 Å². The number of carbonyl (C=O) groups is 1. The summed E-state index contributed by atoms with van der Waals surface area (Å²) in [7, 11) is 1.63. The van der Waals surface area contributed by atoms with Crippen LogP contribution < -0.4 is 14.4 Å². The summed E-state index contributed by atoms with van der Waals surface area (Å²) in [5, 5.41) is 0. The number of aryl methyl sites for hydroxylation is 1. The molecule has 3 aromatic rings. The lowest BCUT2D eigenvalue weighted by Crippen LogP contribution is -2.35. The van der Waals surface area contributed by atoms with E-state index in [4.69, 9.17) is 9.47 Å². The molecule has 1 heterocycles. The van der Waals surface area contributed by atoms with Crippen LogP contribution in [0.5, 0.6) is 11.5 Å². The third-order valence-corrected chi connectivity index (χ3v) is 4.17. The molecule has 0 spiro atoms. The Morgan fingerprint density at radius 1 is 1.00 bits per heavy atom. The number of hydrogen-bond acceptors (Lipinski definition) is 4. The lowest BCUT2D eigenvalue weighted by molar-refractivity contribution is -0.120. The van der Waals surface area contributed by atoms with Crippen molar-refractivity contribution in [2.45, 2.75) is 13.5 Å². The maximum atomic E-state index is 12.9. The molecular weight excluding hydrogens is 340 g/mol. The van der Waals surface area contributed by atoms with Crippen LogP contribution in [0.3, 0.4) is 0 Å². The van der Waals surface area contributed by atoms with E-state index in [2.05, 4.69) is 4.98 Å². The quantitative estimate of drug-likeness (QED) is 0.637. The lowest BCUT2D eigenvalue weighted by atomic mass is 10.2. The Hall–Kier alpha value is -3.34. The van der Waals surface area contributed by atoms with Crippen LogP contribution in [0.15, 0.2) is 72.9 Å². The molecule has 138 valence electrons. The highest BCUT2D eigenvalue weighted by Gasteiger charge is 2.18. The van der Waals surface area contributed by atoms with E-state index >= 15 is 0 Å². The van der Waals surface area contributed by atoms with Crippen molar-refractivity contribution < 1.29 is 14.3 Å². The first kappa shape index (κ1) is 18.5. The zero-order chi connectivity index (χ0) is 19.1. The van der Waals surface area contributed by atoms with Gasteiger partial charge < -0.3 is 9.47 Å². The number of amides is 1. The number of ether oxygens (including phenoxy) is 2. The summed E-state index contributed by atoms with van der Waals surface area (Å²) in [4.78, 5) is 18.8. The number of para-hydroxylation sites is 1. The summed E-state index contributed by atoms with van der Waals surface area (Å²) in [6.07, 6.45) is 1.67. The van der Waals surface area contributed by atoms with Gasteiger partial charge in [0, 0.05) is 6.20 Å². The van der Waals surface area contributed by atoms with Gasteiger partial charge in [-0.15, -0.1) is 0 Å². The molecular formula is C22H22N2O3. The number of pyridine rings is 1. The summed E-state index contributed by atoms with van der Waals surface area (Å²) in [6.45, 7) is 2.29. The molecule has 0 aliphatic heterocycles. The number of nitrogens with zero attached hydrogens (tertiary/aromatic N) is 2. The van der Waals surface area contributed by atoms with Gasteiger partial charge in [0.2, 0.25) is 0 Å². The fourth-order valence-electron chi connectivity index (χ4n) is 2.66. The van der Waals surface area contributed by atoms with E-state index in [1.165, 1.54) is 0 Å². The lowest BCUT2D eigenvalue weighted by Gasteiger charge is -2.22. The van der Waals surface area contributed by atoms with Gasteiger partial charge in [-0.3, -0.25) is 9.69 Å². The van der Waals surface area contributed by atoms with Crippen LogP contribution in [-0.2, 0) is 11.3 Å². The summed E-state index contributed by atoms with van der Waals surface area (Å²) in [5.74, 6) is 1.91. The van der Waals surface area contributed by atoms with Crippen molar-refractivity contribution in [3.05, 3.63) is 84.1 Å². The molecule has 5 nitrogen and oxygen atoms in total. The highest BCUT2D eigenvalue weighted by molar-refractivity contribution is 5.93. The molecule has 0 radical (unpaired) electrons. The van der Waals surface area contributed by atoms with Crippen LogP contribution in [0.1, 0.15) is 11.1 Å². The van der Waals surface area contributed by atoms with Crippen molar-refractivity contribution in [2.24, 2.45) is 0 Å². The van der Waals surface area contributed by atoms with E-state index in [9.17, 15) is 4.79 Å². The van der Waals surface area contributed by atoms with E-state index < -0.39 is 0 Å². The average molecular weight is 362 g/mol.